The topological polar surface area (TPSA) is 85.2 Å². The van der Waals surface area contributed by atoms with E-state index in [1.807, 2.05) is 24.3 Å². The lowest BCUT2D eigenvalue weighted by molar-refractivity contribution is -0.116. The molecule has 2 aromatic carbocycles. The molecule has 4 rings (SSSR count). The minimum Gasteiger partial charge on any atom is -0.497 e. The molecule has 8 heteroatoms. The zero-order chi connectivity index (χ0) is 19.7. The Bertz CT molecular complexity index is 1140. The van der Waals surface area contributed by atoms with Crippen LogP contribution in [0.3, 0.4) is 0 Å². The van der Waals surface area contributed by atoms with Crippen LogP contribution in [0.5, 0.6) is 5.75 Å². The van der Waals surface area contributed by atoms with Crippen LogP contribution in [0.4, 0.5) is 11.5 Å². The van der Waals surface area contributed by atoms with Crippen LogP contribution in [0.1, 0.15) is 17.6 Å². The van der Waals surface area contributed by atoms with Gasteiger partial charge in [0.2, 0.25) is 10.7 Å². The zero-order valence-electron chi connectivity index (χ0n) is 15.1. The molecule has 0 fully saturated rings. The van der Waals surface area contributed by atoms with Gasteiger partial charge in [0.1, 0.15) is 17.6 Å². The average Bonchev–Trinajstić information content (AvgIpc) is 3.04. The number of carbonyl (C=O) groups excluding carboxylic acids is 2. The number of amides is 1. The first-order chi connectivity index (χ1) is 13.6. The molecule has 1 aliphatic rings. The lowest BCUT2D eigenvalue weighted by atomic mass is 10.1. The summed E-state index contributed by atoms with van der Waals surface area (Å²) in [6, 6.07) is 14.1. The van der Waals surface area contributed by atoms with Crippen LogP contribution in [0.25, 0.3) is 10.9 Å². The van der Waals surface area contributed by atoms with E-state index < -0.39 is 6.04 Å². The quantitative estimate of drug-likeness (QED) is 0.643. The Balaban J connectivity index is 1.47. The fraction of sp³-hybridized carbons (Fsp3) is 0.200. The van der Waals surface area contributed by atoms with Crippen molar-refractivity contribution in [2.75, 3.05) is 17.7 Å². The largest absolute Gasteiger partial charge is 0.497 e. The van der Waals surface area contributed by atoms with Gasteiger partial charge in [-0.2, -0.15) is 0 Å². The lowest BCUT2D eigenvalue weighted by Gasteiger charge is -2.10. The number of hydrogen-bond donors (Lipinski definition) is 2. The second kappa shape index (κ2) is 7.40. The number of ether oxygens (including phenoxy) is 1. The van der Waals surface area contributed by atoms with E-state index in [0.717, 1.165) is 10.9 Å². The Hall–Kier alpha value is -3.26. The third-order valence-electron chi connectivity index (χ3n) is 4.63. The Labute approximate surface area is 166 Å². The van der Waals surface area contributed by atoms with Gasteiger partial charge < -0.3 is 15.4 Å². The van der Waals surface area contributed by atoms with E-state index in [-0.39, 0.29) is 23.0 Å². The Morgan fingerprint density at radius 2 is 2.11 bits per heavy atom. The molecule has 1 aromatic heterocycles. The Morgan fingerprint density at radius 1 is 1.29 bits per heavy atom. The smallest absolute Gasteiger partial charge is 0.257 e. The van der Waals surface area contributed by atoms with E-state index in [9.17, 15) is 9.59 Å². The predicted molar refractivity (Wildman–Crippen MR) is 109 cm³/mol. The summed E-state index contributed by atoms with van der Waals surface area (Å²) in [6.45, 7) is 0. The standard InChI is InChI=1S/C20H18N4O3S/c1-27-13-6-4-5-12(11-13)21-17(25)10-9-16-19(26)24-18(22-16)14-7-2-3-8-15(14)23-20(24)28/h2-8,11,16,22H,9-10H2,1H3,(H,21,25). The summed E-state index contributed by atoms with van der Waals surface area (Å²) in [6.07, 6.45) is 0.534. The summed E-state index contributed by atoms with van der Waals surface area (Å²) in [5.74, 6) is 0.936. The average molecular weight is 394 g/mol. The molecule has 1 unspecified atom stereocenters. The number of carbonyl (C=O) groups is 2. The number of benzene rings is 2. The zero-order valence-corrected chi connectivity index (χ0v) is 16.0. The second-order valence-corrected chi connectivity index (χ2v) is 6.81. The Morgan fingerprint density at radius 3 is 2.93 bits per heavy atom. The number of hydrogen-bond acceptors (Lipinski definition) is 6. The fourth-order valence-electron chi connectivity index (χ4n) is 3.27. The maximum Gasteiger partial charge on any atom is 0.257 e. The van der Waals surface area contributed by atoms with Gasteiger partial charge in [0.25, 0.3) is 5.91 Å². The molecular formula is C20H18N4O3S. The first-order valence-corrected chi connectivity index (χ1v) is 9.24. The van der Waals surface area contributed by atoms with Crippen molar-refractivity contribution in [2.24, 2.45) is 0 Å². The fourth-order valence-corrected chi connectivity index (χ4v) is 3.54. The molecule has 1 aliphatic heterocycles. The Kier molecular flexibility index (Phi) is 4.79. The summed E-state index contributed by atoms with van der Waals surface area (Å²) >= 11 is 5.28. The van der Waals surface area contributed by atoms with E-state index in [1.165, 1.54) is 4.57 Å². The minimum absolute atomic E-state index is 0.176. The first kappa shape index (κ1) is 18.1. The molecule has 0 aliphatic carbocycles. The van der Waals surface area contributed by atoms with Gasteiger partial charge in [-0.3, -0.25) is 9.59 Å². The van der Waals surface area contributed by atoms with Crippen LogP contribution < -0.4 is 15.4 Å². The van der Waals surface area contributed by atoms with Crippen molar-refractivity contribution in [3.05, 3.63) is 53.3 Å². The summed E-state index contributed by atoms with van der Waals surface area (Å²) in [4.78, 5) is 29.4. The number of anilines is 2. The number of nitrogens with one attached hydrogen (secondary N) is 2. The third kappa shape index (κ3) is 3.34. The van der Waals surface area contributed by atoms with Crippen LogP contribution >= 0.6 is 12.2 Å². The van der Waals surface area contributed by atoms with Crippen LogP contribution in [0.2, 0.25) is 0 Å². The van der Waals surface area contributed by atoms with E-state index >= 15 is 0 Å². The number of aromatic nitrogens is 2. The maximum atomic E-state index is 12.8. The van der Waals surface area contributed by atoms with Crippen molar-refractivity contribution >= 4 is 46.4 Å². The highest BCUT2D eigenvalue weighted by Crippen LogP contribution is 2.29. The summed E-state index contributed by atoms with van der Waals surface area (Å²) in [5, 5.41) is 6.86. The number of para-hydroxylation sites is 1. The van der Waals surface area contributed by atoms with E-state index in [2.05, 4.69) is 15.6 Å². The highest BCUT2D eigenvalue weighted by atomic mass is 32.1. The molecule has 142 valence electrons. The molecular weight excluding hydrogens is 376 g/mol. The van der Waals surface area contributed by atoms with Crippen molar-refractivity contribution in [1.29, 1.82) is 0 Å². The molecule has 3 aromatic rings. The molecule has 7 nitrogen and oxygen atoms in total. The number of methoxy groups -OCH3 is 1. The molecule has 0 saturated heterocycles. The van der Waals surface area contributed by atoms with Gasteiger partial charge in [-0.15, -0.1) is 0 Å². The molecule has 0 bridgehead atoms. The van der Waals surface area contributed by atoms with Crippen LogP contribution in [-0.2, 0) is 4.79 Å². The van der Waals surface area contributed by atoms with Gasteiger partial charge in [-0.1, -0.05) is 18.2 Å². The van der Waals surface area contributed by atoms with Crippen molar-refractivity contribution < 1.29 is 14.3 Å². The second-order valence-electron chi connectivity index (χ2n) is 6.45. The number of rotatable bonds is 5. The van der Waals surface area contributed by atoms with Crippen LogP contribution in [-0.4, -0.2) is 34.5 Å². The molecule has 1 atom stereocenters. The molecule has 0 saturated carbocycles. The van der Waals surface area contributed by atoms with Crippen molar-refractivity contribution in [2.45, 2.75) is 18.9 Å². The molecule has 2 N–H and O–H groups in total. The highest BCUT2D eigenvalue weighted by Gasteiger charge is 2.31. The van der Waals surface area contributed by atoms with Gasteiger partial charge in [-0.05, 0) is 42.9 Å². The number of fused-ring (bicyclic) bond motifs is 3. The molecule has 1 amide bonds. The highest BCUT2D eigenvalue weighted by molar-refractivity contribution is 7.71. The van der Waals surface area contributed by atoms with Crippen LogP contribution in [0, 0.1) is 4.77 Å². The van der Waals surface area contributed by atoms with Gasteiger partial charge in [0, 0.05) is 23.6 Å². The summed E-state index contributed by atoms with van der Waals surface area (Å²) < 4.78 is 6.79. The lowest BCUT2D eigenvalue weighted by Crippen LogP contribution is -2.26. The van der Waals surface area contributed by atoms with Gasteiger partial charge in [0.05, 0.1) is 12.6 Å². The van der Waals surface area contributed by atoms with E-state index in [1.54, 1.807) is 31.4 Å². The number of nitrogens with zero attached hydrogens (tertiary/aromatic N) is 2. The summed E-state index contributed by atoms with van der Waals surface area (Å²) in [7, 11) is 1.57. The van der Waals surface area contributed by atoms with Gasteiger partial charge in [0.15, 0.2) is 0 Å². The summed E-state index contributed by atoms with van der Waals surface area (Å²) in [5.41, 5.74) is 1.38. The van der Waals surface area contributed by atoms with Gasteiger partial charge in [-0.25, -0.2) is 9.55 Å². The normalized spacial score (nSPS) is 15.2. The van der Waals surface area contributed by atoms with Crippen LogP contribution in [0.15, 0.2) is 48.5 Å². The van der Waals surface area contributed by atoms with Crippen molar-refractivity contribution in [1.82, 2.24) is 9.55 Å². The third-order valence-corrected chi connectivity index (χ3v) is 4.91. The van der Waals surface area contributed by atoms with E-state index in [0.29, 0.717) is 23.7 Å². The monoisotopic (exact) mass is 394 g/mol. The molecule has 0 spiro atoms. The molecule has 0 radical (unpaired) electrons. The van der Waals surface area contributed by atoms with Gasteiger partial charge >= 0.3 is 0 Å². The predicted octanol–water partition coefficient (Wildman–Crippen LogP) is 3.63. The first-order valence-electron chi connectivity index (χ1n) is 8.83. The van der Waals surface area contributed by atoms with E-state index in [4.69, 9.17) is 17.0 Å². The SMILES string of the molecule is COc1cccc(NC(=O)CCC2Nc3c4ccccc4nc(=S)n3C2=O)c1. The molecule has 2 heterocycles. The maximum absolute atomic E-state index is 12.8. The molecule has 28 heavy (non-hydrogen) atoms. The minimum atomic E-state index is -0.523. The van der Waals surface area contributed by atoms with Crippen molar-refractivity contribution in [3.63, 3.8) is 0 Å². The van der Waals surface area contributed by atoms with Crippen molar-refractivity contribution in [3.8, 4) is 5.75 Å².